The Morgan fingerprint density at radius 3 is 3.04 bits per heavy atom. The SMILES string of the molecule is N#Cc1cccc(-n2cc(C3CCC4CN(C5=CNCC=N5)CCN43)nn2)c1. The van der Waals surface area contributed by atoms with E-state index >= 15 is 0 Å². The number of aliphatic imine (C=N–C) groups is 1. The van der Waals surface area contributed by atoms with Crippen molar-refractivity contribution in [1.29, 1.82) is 5.26 Å². The molecule has 8 heteroatoms. The Hall–Kier alpha value is -3.18. The van der Waals surface area contributed by atoms with Gasteiger partial charge in [-0.2, -0.15) is 5.26 Å². The number of nitrogens with one attached hydrogen (secondary N) is 1. The topological polar surface area (TPSA) is 85.4 Å². The molecule has 4 heterocycles. The zero-order chi connectivity index (χ0) is 18.9. The molecule has 0 aliphatic carbocycles. The summed E-state index contributed by atoms with van der Waals surface area (Å²) in [4.78, 5) is 9.47. The number of hydrogen-bond donors (Lipinski definition) is 1. The molecular weight excluding hydrogens is 352 g/mol. The summed E-state index contributed by atoms with van der Waals surface area (Å²) in [5.74, 6) is 1.04. The van der Waals surface area contributed by atoms with E-state index in [1.807, 2.05) is 36.8 Å². The van der Waals surface area contributed by atoms with Crippen molar-refractivity contribution < 1.29 is 0 Å². The lowest BCUT2D eigenvalue weighted by Gasteiger charge is -2.40. The maximum Gasteiger partial charge on any atom is 0.144 e. The van der Waals surface area contributed by atoms with Gasteiger partial charge < -0.3 is 10.2 Å². The second-order valence-electron chi connectivity index (χ2n) is 7.40. The maximum atomic E-state index is 9.11. The molecule has 3 aliphatic rings. The Morgan fingerprint density at radius 1 is 1.21 bits per heavy atom. The van der Waals surface area contributed by atoms with Crippen LogP contribution in [0.5, 0.6) is 0 Å². The van der Waals surface area contributed by atoms with Gasteiger partial charge in [0.15, 0.2) is 0 Å². The van der Waals surface area contributed by atoms with Crippen LogP contribution in [0.15, 0.2) is 47.5 Å². The molecule has 1 aromatic heterocycles. The molecule has 0 bridgehead atoms. The average molecular weight is 374 g/mol. The molecule has 2 atom stereocenters. The minimum atomic E-state index is 0.307. The van der Waals surface area contributed by atoms with Gasteiger partial charge in [0, 0.05) is 44.6 Å². The van der Waals surface area contributed by atoms with Gasteiger partial charge in [-0.3, -0.25) is 4.90 Å². The lowest BCUT2D eigenvalue weighted by Crippen LogP contribution is -2.50. The highest BCUT2D eigenvalue weighted by Gasteiger charge is 2.39. The predicted molar refractivity (Wildman–Crippen MR) is 105 cm³/mol. The number of nitrogens with zero attached hydrogens (tertiary/aromatic N) is 7. The molecule has 2 unspecified atom stereocenters. The third kappa shape index (κ3) is 3.04. The summed E-state index contributed by atoms with van der Waals surface area (Å²) in [5, 5.41) is 21.1. The van der Waals surface area contributed by atoms with Gasteiger partial charge in [-0.15, -0.1) is 5.10 Å². The average Bonchev–Trinajstić information content (AvgIpc) is 3.41. The summed E-state index contributed by atoms with van der Waals surface area (Å²) in [6, 6.07) is 10.4. The third-order valence-corrected chi connectivity index (χ3v) is 5.78. The molecule has 142 valence electrons. The number of benzene rings is 1. The molecule has 1 aromatic carbocycles. The van der Waals surface area contributed by atoms with Gasteiger partial charge in [-0.05, 0) is 31.0 Å². The van der Waals surface area contributed by atoms with Crippen LogP contribution in [-0.4, -0.2) is 63.2 Å². The zero-order valence-electron chi connectivity index (χ0n) is 15.6. The van der Waals surface area contributed by atoms with Crippen molar-refractivity contribution in [3.63, 3.8) is 0 Å². The van der Waals surface area contributed by atoms with E-state index in [0.717, 1.165) is 56.2 Å². The summed E-state index contributed by atoms with van der Waals surface area (Å²) < 4.78 is 1.77. The van der Waals surface area contributed by atoms with Crippen LogP contribution in [0.2, 0.25) is 0 Å². The van der Waals surface area contributed by atoms with E-state index in [4.69, 9.17) is 5.26 Å². The molecule has 0 radical (unpaired) electrons. The van der Waals surface area contributed by atoms with Crippen LogP contribution in [0.4, 0.5) is 0 Å². The van der Waals surface area contributed by atoms with Gasteiger partial charge in [-0.1, -0.05) is 11.3 Å². The zero-order valence-corrected chi connectivity index (χ0v) is 15.6. The van der Waals surface area contributed by atoms with Gasteiger partial charge in [0.2, 0.25) is 0 Å². The quantitative estimate of drug-likeness (QED) is 0.875. The van der Waals surface area contributed by atoms with Crippen molar-refractivity contribution in [1.82, 2.24) is 30.1 Å². The Labute approximate surface area is 163 Å². The second kappa shape index (κ2) is 7.09. The first kappa shape index (κ1) is 17.0. The standard InChI is InChI=1S/C20H22N8/c21-11-15-2-1-3-16(10-15)28-14-18(24-25-28)19-5-4-17-13-26(8-9-27(17)19)20-12-22-6-7-23-20/h1-3,7,10,12,14,17,19,22H,4-6,8-9,13H2. The molecular formula is C20H22N8. The lowest BCUT2D eigenvalue weighted by molar-refractivity contribution is 0.0951. The Balaban J connectivity index is 1.31. The van der Waals surface area contributed by atoms with Gasteiger partial charge in [-0.25, -0.2) is 9.67 Å². The molecule has 2 saturated heterocycles. The van der Waals surface area contributed by atoms with Crippen LogP contribution < -0.4 is 5.32 Å². The number of hydrogen-bond acceptors (Lipinski definition) is 7. The fraction of sp³-hybridized carbons (Fsp3) is 0.400. The van der Waals surface area contributed by atoms with Crippen molar-refractivity contribution in [3.8, 4) is 11.8 Å². The van der Waals surface area contributed by atoms with E-state index in [9.17, 15) is 0 Å². The molecule has 8 nitrogen and oxygen atoms in total. The molecule has 5 rings (SSSR count). The van der Waals surface area contributed by atoms with E-state index in [0.29, 0.717) is 17.6 Å². The predicted octanol–water partition coefficient (Wildman–Crippen LogP) is 1.43. The van der Waals surface area contributed by atoms with Crippen LogP contribution in [0, 0.1) is 11.3 Å². The van der Waals surface area contributed by atoms with Gasteiger partial charge in [0.05, 0.1) is 29.6 Å². The highest BCUT2D eigenvalue weighted by atomic mass is 15.4. The first-order valence-electron chi connectivity index (χ1n) is 9.71. The summed E-state index contributed by atoms with van der Waals surface area (Å²) in [6.45, 7) is 3.77. The molecule has 0 spiro atoms. The number of nitriles is 1. The Morgan fingerprint density at radius 2 is 2.18 bits per heavy atom. The minimum Gasteiger partial charge on any atom is -0.383 e. The van der Waals surface area contributed by atoms with Crippen LogP contribution in [-0.2, 0) is 0 Å². The lowest BCUT2D eigenvalue weighted by atomic mass is 10.1. The fourth-order valence-electron chi connectivity index (χ4n) is 4.40. The summed E-state index contributed by atoms with van der Waals surface area (Å²) >= 11 is 0. The number of aromatic nitrogens is 3. The number of rotatable bonds is 3. The second-order valence-corrected chi connectivity index (χ2v) is 7.40. The van der Waals surface area contributed by atoms with Crippen LogP contribution in [0.3, 0.4) is 0 Å². The Bertz CT molecular complexity index is 969. The van der Waals surface area contributed by atoms with E-state index in [2.05, 4.69) is 36.5 Å². The minimum absolute atomic E-state index is 0.307. The van der Waals surface area contributed by atoms with Gasteiger partial charge >= 0.3 is 0 Å². The molecule has 0 amide bonds. The summed E-state index contributed by atoms with van der Waals surface area (Å²) in [6.07, 6.45) is 8.20. The fourth-order valence-corrected chi connectivity index (χ4v) is 4.40. The molecule has 3 aliphatic heterocycles. The molecule has 28 heavy (non-hydrogen) atoms. The van der Waals surface area contributed by atoms with Crippen molar-refractivity contribution in [2.75, 3.05) is 26.2 Å². The molecule has 2 aromatic rings. The summed E-state index contributed by atoms with van der Waals surface area (Å²) in [5.41, 5.74) is 2.50. The largest absolute Gasteiger partial charge is 0.383 e. The first-order valence-corrected chi connectivity index (χ1v) is 9.71. The van der Waals surface area contributed by atoms with Crippen LogP contribution in [0.1, 0.15) is 30.1 Å². The highest BCUT2D eigenvalue weighted by Crippen LogP contribution is 2.37. The Kier molecular flexibility index (Phi) is 4.29. The van der Waals surface area contributed by atoms with Gasteiger partial charge in [0.25, 0.3) is 0 Å². The van der Waals surface area contributed by atoms with Crippen molar-refractivity contribution in [2.45, 2.75) is 24.9 Å². The van der Waals surface area contributed by atoms with E-state index in [1.54, 1.807) is 10.7 Å². The molecule has 1 N–H and O–H groups in total. The van der Waals surface area contributed by atoms with Crippen LogP contribution >= 0.6 is 0 Å². The summed E-state index contributed by atoms with van der Waals surface area (Å²) in [7, 11) is 0. The number of piperazine rings is 1. The smallest absolute Gasteiger partial charge is 0.144 e. The van der Waals surface area contributed by atoms with E-state index in [-0.39, 0.29) is 0 Å². The molecule has 2 fully saturated rings. The molecule has 0 saturated carbocycles. The number of fused-ring (bicyclic) bond motifs is 1. The van der Waals surface area contributed by atoms with Crippen molar-refractivity contribution in [3.05, 3.63) is 53.7 Å². The highest BCUT2D eigenvalue weighted by molar-refractivity contribution is 5.62. The third-order valence-electron chi connectivity index (χ3n) is 5.78. The van der Waals surface area contributed by atoms with E-state index in [1.165, 1.54) is 0 Å². The van der Waals surface area contributed by atoms with Crippen LogP contribution in [0.25, 0.3) is 5.69 Å². The monoisotopic (exact) mass is 374 g/mol. The normalized spacial score (nSPS) is 24.4. The first-order chi connectivity index (χ1) is 13.8. The van der Waals surface area contributed by atoms with Crippen molar-refractivity contribution >= 4 is 6.21 Å². The van der Waals surface area contributed by atoms with Gasteiger partial charge in [0.1, 0.15) is 11.5 Å². The maximum absolute atomic E-state index is 9.11. The van der Waals surface area contributed by atoms with Crippen molar-refractivity contribution in [2.24, 2.45) is 4.99 Å². The van der Waals surface area contributed by atoms with E-state index < -0.39 is 0 Å².